The number of nitrogens with zero attached hydrogens (tertiary/aromatic N) is 2. The maximum absolute atomic E-state index is 12.1. The molecular weight excluding hydrogens is 288 g/mol. The molecule has 23 heavy (non-hydrogen) atoms. The average molecular weight is 304 g/mol. The normalized spacial score (nSPS) is 10.1. The Balaban J connectivity index is 1.59. The van der Waals surface area contributed by atoms with Gasteiger partial charge in [0.15, 0.2) is 0 Å². The fourth-order valence-corrected chi connectivity index (χ4v) is 2.08. The number of benzene rings is 2. The second kappa shape index (κ2) is 7.17. The highest BCUT2D eigenvalue weighted by Crippen LogP contribution is 2.13. The molecule has 1 aromatic heterocycles. The predicted octanol–water partition coefficient (Wildman–Crippen LogP) is 3.15. The zero-order valence-corrected chi connectivity index (χ0v) is 12.4. The predicted molar refractivity (Wildman–Crippen MR) is 89.4 cm³/mol. The van der Waals surface area contributed by atoms with Gasteiger partial charge in [-0.2, -0.15) is 0 Å². The van der Waals surface area contributed by atoms with E-state index in [4.69, 9.17) is 0 Å². The second-order valence-electron chi connectivity index (χ2n) is 4.94. The molecule has 5 heteroatoms. The van der Waals surface area contributed by atoms with E-state index in [-0.39, 0.29) is 5.91 Å². The van der Waals surface area contributed by atoms with Crippen molar-refractivity contribution in [1.29, 1.82) is 0 Å². The minimum Gasteiger partial charge on any atom is -0.348 e. The Morgan fingerprint density at radius 3 is 2.26 bits per heavy atom. The summed E-state index contributed by atoms with van der Waals surface area (Å²) in [6, 6.07) is 18.8. The van der Waals surface area contributed by atoms with Gasteiger partial charge >= 0.3 is 0 Å². The molecule has 2 aromatic carbocycles. The molecule has 2 N–H and O–H groups in total. The molecule has 1 amide bonds. The van der Waals surface area contributed by atoms with Gasteiger partial charge in [0, 0.05) is 30.2 Å². The first-order chi connectivity index (χ1) is 11.3. The highest BCUT2D eigenvalue weighted by atomic mass is 16.1. The summed E-state index contributed by atoms with van der Waals surface area (Å²) in [5.41, 5.74) is 2.51. The van der Waals surface area contributed by atoms with Crippen LogP contribution in [0.4, 0.5) is 11.6 Å². The van der Waals surface area contributed by atoms with Crippen molar-refractivity contribution in [2.75, 3.05) is 5.32 Å². The van der Waals surface area contributed by atoms with Crippen molar-refractivity contribution in [3.63, 3.8) is 0 Å². The lowest BCUT2D eigenvalue weighted by atomic mass is 10.2. The molecule has 0 saturated carbocycles. The van der Waals surface area contributed by atoms with Crippen molar-refractivity contribution in [3.8, 4) is 0 Å². The molecule has 114 valence electrons. The summed E-state index contributed by atoms with van der Waals surface area (Å²) in [4.78, 5) is 20.3. The Morgan fingerprint density at radius 1 is 0.870 bits per heavy atom. The Bertz CT molecular complexity index is 758. The van der Waals surface area contributed by atoms with Crippen LogP contribution in [0.5, 0.6) is 0 Å². The molecule has 0 unspecified atom stereocenters. The standard InChI is InChI=1S/C18H16N4O/c23-17(21-13-14-5-2-1-3-6-14)15-7-9-16(10-8-15)22-18-19-11-4-12-20-18/h1-12H,13H2,(H,21,23)(H,19,20,22). The van der Waals surface area contributed by atoms with Gasteiger partial charge in [-0.15, -0.1) is 0 Å². The fourth-order valence-electron chi connectivity index (χ4n) is 2.08. The topological polar surface area (TPSA) is 66.9 Å². The molecule has 0 saturated heterocycles. The summed E-state index contributed by atoms with van der Waals surface area (Å²) in [5.74, 6) is 0.421. The molecule has 3 aromatic rings. The third kappa shape index (κ3) is 4.14. The quantitative estimate of drug-likeness (QED) is 0.760. The third-order valence-electron chi connectivity index (χ3n) is 3.26. The van der Waals surface area contributed by atoms with Gasteiger partial charge in [0.1, 0.15) is 0 Å². The van der Waals surface area contributed by atoms with Crippen LogP contribution in [-0.4, -0.2) is 15.9 Å². The van der Waals surface area contributed by atoms with Crippen LogP contribution in [0.25, 0.3) is 0 Å². The van der Waals surface area contributed by atoms with E-state index in [0.717, 1.165) is 11.3 Å². The van der Waals surface area contributed by atoms with E-state index in [1.54, 1.807) is 30.6 Å². The van der Waals surface area contributed by atoms with Crippen LogP contribution in [0.2, 0.25) is 0 Å². The molecule has 0 aliphatic carbocycles. The number of aromatic nitrogens is 2. The first kappa shape index (κ1) is 14.7. The van der Waals surface area contributed by atoms with E-state index in [1.165, 1.54) is 0 Å². The summed E-state index contributed by atoms with van der Waals surface area (Å²) in [6.45, 7) is 0.511. The number of amides is 1. The zero-order valence-electron chi connectivity index (χ0n) is 12.4. The van der Waals surface area contributed by atoms with Crippen molar-refractivity contribution in [3.05, 3.63) is 84.2 Å². The van der Waals surface area contributed by atoms with E-state index >= 15 is 0 Å². The lowest BCUT2D eigenvalue weighted by Crippen LogP contribution is -2.22. The summed E-state index contributed by atoms with van der Waals surface area (Å²) >= 11 is 0. The summed E-state index contributed by atoms with van der Waals surface area (Å²) in [5, 5.41) is 5.97. The molecular formula is C18H16N4O. The van der Waals surface area contributed by atoms with E-state index in [9.17, 15) is 4.79 Å². The van der Waals surface area contributed by atoms with Gasteiger partial charge in [-0.1, -0.05) is 30.3 Å². The largest absolute Gasteiger partial charge is 0.348 e. The highest BCUT2D eigenvalue weighted by Gasteiger charge is 2.05. The number of hydrogen-bond donors (Lipinski definition) is 2. The van der Waals surface area contributed by atoms with E-state index < -0.39 is 0 Å². The van der Waals surface area contributed by atoms with Crippen LogP contribution < -0.4 is 10.6 Å². The molecule has 5 nitrogen and oxygen atoms in total. The number of hydrogen-bond acceptors (Lipinski definition) is 4. The molecule has 3 rings (SSSR count). The maximum atomic E-state index is 12.1. The minimum atomic E-state index is -0.101. The van der Waals surface area contributed by atoms with Gasteiger partial charge in [-0.25, -0.2) is 9.97 Å². The van der Waals surface area contributed by atoms with Gasteiger partial charge in [0.25, 0.3) is 5.91 Å². The first-order valence-corrected chi connectivity index (χ1v) is 7.27. The highest BCUT2D eigenvalue weighted by molar-refractivity contribution is 5.94. The van der Waals surface area contributed by atoms with Crippen LogP contribution >= 0.6 is 0 Å². The average Bonchev–Trinajstić information content (AvgIpc) is 2.62. The van der Waals surface area contributed by atoms with Gasteiger partial charge in [0.2, 0.25) is 5.95 Å². The smallest absolute Gasteiger partial charge is 0.251 e. The Morgan fingerprint density at radius 2 is 1.57 bits per heavy atom. The first-order valence-electron chi connectivity index (χ1n) is 7.27. The van der Waals surface area contributed by atoms with Crippen LogP contribution in [-0.2, 0) is 6.54 Å². The monoisotopic (exact) mass is 304 g/mol. The van der Waals surface area contributed by atoms with Crippen molar-refractivity contribution < 1.29 is 4.79 Å². The number of carbonyl (C=O) groups excluding carboxylic acids is 1. The van der Waals surface area contributed by atoms with Crippen LogP contribution in [0.1, 0.15) is 15.9 Å². The van der Waals surface area contributed by atoms with Gasteiger partial charge < -0.3 is 10.6 Å². The third-order valence-corrected chi connectivity index (χ3v) is 3.26. The molecule has 0 bridgehead atoms. The Hall–Kier alpha value is -3.21. The molecule has 0 radical (unpaired) electrons. The summed E-state index contributed by atoms with van der Waals surface area (Å²) < 4.78 is 0. The van der Waals surface area contributed by atoms with E-state index in [0.29, 0.717) is 18.1 Å². The van der Waals surface area contributed by atoms with Crippen molar-refractivity contribution in [1.82, 2.24) is 15.3 Å². The molecule has 0 aliphatic rings. The second-order valence-corrected chi connectivity index (χ2v) is 4.94. The number of rotatable bonds is 5. The molecule has 0 atom stereocenters. The van der Waals surface area contributed by atoms with E-state index in [1.807, 2.05) is 42.5 Å². The fraction of sp³-hybridized carbons (Fsp3) is 0.0556. The maximum Gasteiger partial charge on any atom is 0.251 e. The minimum absolute atomic E-state index is 0.101. The molecule has 0 spiro atoms. The van der Waals surface area contributed by atoms with Crippen molar-refractivity contribution >= 4 is 17.5 Å². The molecule has 0 fully saturated rings. The molecule has 1 heterocycles. The van der Waals surface area contributed by atoms with Gasteiger partial charge in [-0.05, 0) is 35.9 Å². The van der Waals surface area contributed by atoms with Gasteiger partial charge in [-0.3, -0.25) is 4.79 Å². The number of anilines is 2. The lowest BCUT2D eigenvalue weighted by molar-refractivity contribution is 0.0951. The van der Waals surface area contributed by atoms with Crippen molar-refractivity contribution in [2.24, 2.45) is 0 Å². The molecule has 0 aliphatic heterocycles. The van der Waals surface area contributed by atoms with Crippen LogP contribution in [0.3, 0.4) is 0 Å². The van der Waals surface area contributed by atoms with Crippen LogP contribution in [0.15, 0.2) is 73.1 Å². The zero-order chi connectivity index (χ0) is 15.9. The number of nitrogens with one attached hydrogen (secondary N) is 2. The number of carbonyl (C=O) groups is 1. The summed E-state index contributed by atoms with van der Waals surface area (Å²) in [6.07, 6.45) is 3.33. The Labute approximate surface area is 134 Å². The van der Waals surface area contributed by atoms with Crippen LogP contribution in [0, 0.1) is 0 Å². The summed E-state index contributed by atoms with van der Waals surface area (Å²) in [7, 11) is 0. The lowest BCUT2D eigenvalue weighted by Gasteiger charge is -2.07. The SMILES string of the molecule is O=C(NCc1ccccc1)c1ccc(Nc2ncccn2)cc1. The van der Waals surface area contributed by atoms with Crippen molar-refractivity contribution in [2.45, 2.75) is 6.54 Å². The Kier molecular flexibility index (Phi) is 4.59. The van der Waals surface area contributed by atoms with E-state index in [2.05, 4.69) is 20.6 Å². The van der Waals surface area contributed by atoms with Gasteiger partial charge in [0.05, 0.1) is 0 Å².